The molecule has 0 aromatic heterocycles. The summed E-state index contributed by atoms with van der Waals surface area (Å²) in [5.74, 6) is 0.192. The zero-order valence-electron chi connectivity index (χ0n) is 12.9. The Bertz CT molecular complexity index is 352. The van der Waals surface area contributed by atoms with Crippen molar-refractivity contribution in [1.29, 1.82) is 0 Å². The first-order valence-electron chi connectivity index (χ1n) is 7.44. The van der Waals surface area contributed by atoms with Crippen LogP contribution in [0.15, 0.2) is 24.3 Å². The quantitative estimate of drug-likeness (QED) is 0.368. The standard InChI is InChI=1S/C16H28O2Si/c1-5-6-7-8-9-10-12-16(18-19(2,3)4)13-11-15(17)14-16/h9-11,13H,5-8,12,14H2,1-4H3/b10-9-/t16-/m0/s1. The van der Waals surface area contributed by atoms with Crippen LogP contribution < -0.4 is 0 Å². The second-order valence-electron chi connectivity index (χ2n) is 6.43. The van der Waals surface area contributed by atoms with Gasteiger partial charge >= 0.3 is 0 Å². The normalized spacial score (nSPS) is 23.7. The molecular weight excluding hydrogens is 252 g/mol. The fourth-order valence-corrected chi connectivity index (χ4v) is 3.88. The van der Waals surface area contributed by atoms with Crippen molar-refractivity contribution in [3.05, 3.63) is 24.3 Å². The fourth-order valence-electron chi connectivity index (χ4n) is 2.43. The number of allylic oxidation sites excluding steroid dienone is 2. The molecule has 3 heteroatoms. The summed E-state index contributed by atoms with van der Waals surface area (Å²) in [5.41, 5.74) is -0.358. The third kappa shape index (κ3) is 6.35. The minimum Gasteiger partial charge on any atom is -0.408 e. The first-order chi connectivity index (χ1) is 8.87. The molecule has 0 radical (unpaired) electrons. The maximum Gasteiger partial charge on any atom is 0.184 e. The van der Waals surface area contributed by atoms with Crippen LogP contribution in [0.3, 0.4) is 0 Å². The Balaban J connectivity index is 2.52. The lowest BCUT2D eigenvalue weighted by Crippen LogP contribution is -2.40. The van der Waals surface area contributed by atoms with Gasteiger partial charge in [0.15, 0.2) is 14.1 Å². The Morgan fingerprint density at radius 2 is 2.05 bits per heavy atom. The zero-order valence-corrected chi connectivity index (χ0v) is 13.9. The molecule has 108 valence electrons. The van der Waals surface area contributed by atoms with E-state index < -0.39 is 8.32 Å². The lowest BCUT2D eigenvalue weighted by molar-refractivity contribution is -0.116. The lowest BCUT2D eigenvalue weighted by Gasteiger charge is -2.33. The molecule has 1 aliphatic rings. The van der Waals surface area contributed by atoms with Crippen LogP contribution in [0, 0.1) is 0 Å². The molecule has 0 saturated carbocycles. The van der Waals surface area contributed by atoms with Crippen LogP contribution in [-0.2, 0) is 9.22 Å². The maximum absolute atomic E-state index is 11.5. The van der Waals surface area contributed by atoms with Crippen molar-refractivity contribution < 1.29 is 9.22 Å². The van der Waals surface area contributed by atoms with Gasteiger partial charge in [0, 0.05) is 6.42 Å². The van der Waals surface area contributed by atoms with Gasteiger partial charge in [0.1, 0.15) is 0 Å². The highest BCUT2D eigenvalue weighted by molar-refractivity contribution is 6.69. The molecule has 0 saturated heterocycles. The highest BCUT2D eigenvalue weighted by Crippen LogP contribution is 2.32. The van der Waals surface area contributed by atoms with E-state index in [0.717, 1.165) is 12.8 Å². The summed E-state index contributed by atoms with van der Waals surface area (Å²) >= 11 is 0. The van der Waals surface area contributed by atoms with Gasteiger partial charge in [0.05, 0.1) is 5.60 Å². The van der Waals surface area contributed by atoms with Gasteiger partial charge in [-0.2, -0.15) is 0 Å². The van der Waals surface area contributed by atoms with E-state index in [-0.39, 0.29) is 11.4 Å². The third-order valence-corrected chi connectivity index (χ3v) is 4.18. The molecule has 0 amide bonds. The average Bonchev–Trinajstić information content (AvgIpc) is 2.63. The summed E-state index contributed by atoms with van der Waals surface area (Å²) in [4.78, 5) is 11.5. The topological polar surface area (TPSA) is 26.3 Å². The van der Waals surface area contributed by atoms with E-state index in [2.05, 4.69) is 38.7 Å². The predicted octanol–water partition coefficient (Wildman–Crippen LogP) is 4.63. The number of hydrogen-bond donors (Lipinski definition) is 0. The first-order valence-corrected chi connectivity index (χ1v) is 10.8. The van der Waals surface area contributed by atoms with Crippen molar-refractivity contribution in [3.63, 3.8) is 0 Å². The molecule has 0 bridgehead atoms. The van der Waals surface area contributed by atoms with Crippen LogP contribution in [0.4, 0.5) is 0 Å². The molecule has 0 heterocycles. The molecular formula is C16H28O2Si. The maximum atomic E-state index is 11.5. The number of rotatable bonds is 8. The van der Waals surface area contributed by atoms with Gasteiger partial charge in [-0.15, -0.1) is 0 Å². The molecule has 1 rings (SSSR count). The number of unbranched alkanes of at least 4 members (excludes halogenated alkanes) is 3. The summed E-state index contributed by atoms with van der Waals surface area (Å²) in [7, 11) is -1.64. The van der Waals surface area contributed by atoms with E-state index in [1.807, 2.05) is 6.08 Å². The van der Waals surface area contributed by atoms with Gasteiger partial charge < -0.3 is 4.43 Å². The van der Waals surface area contributed by atoms with Crippen molar-refractivity contribution >= 4 is 14.1 Å². The Labute approximate surface area is 119 Å². The van der Waals surface area contributed by atoms with E-state index in [9.17, 15) is 4.79 Å². The summed E-state index contributed by atoms with van der Waals surface area (Å²) < 4.78 is 6.26. The Kier molecular flexibility index (Phi) is 6.21. The van der Waals surface area contributed by atoms with Crippen molar-refractivity contribution in [2.75, 3.05) is 0 Å². The van der Waals surface area contributed by atoms with E-state index >= 15 is 0 Å². The van der Waals surface area contributed by atoms with Gasteiger partial charge in [-0.3, -0.25) is 4.79 Å². The summed E-state index contributed by atoms with van der Waals surface area (Å²) in [6, 6.07) is 0. The molecule has 1 atom stereocenters. The van der Waals surface area contributed by atoms with Crippen LogP contribution in [-0.4, -0.2) is 19.7 Å². The van der Waals surface area contributed by atoms with Crippen molar-refractivity contribution in [3.8, 4) is 0 Å². The molecule has 0 aliphatic heterocycles. The molecule has 1 aliphatic carbocycles. The highest BCUT2D eigenvalue weighted by Gasteiger charge is 2.37. The molecule has 2 nitrogen and oxygen atoms in total. The molecule has 0 aromatic carbocycles. The van der Waals surface area contributed by atoms with Crippen LogP contribution in [0.1, 0.15) is 45.4 Å². The van der Waals surface area contributed by atoms with Gasteiger partial charge in [-0.1, -0.05) is 31.9 Å². The smallest absolute Gasteiger partial charge is 0.184 e. The van der Waals surface area contributed by atoms with Gasteiger partial charge in [-0.25, -0.2) is 0 Å². The molecule has 0 aromatic rings. The highest BCUT2D eigenvalue weighted by atomic mass is 28.4. The van der Waals surface area contributed by atoms with Crippen LogP contribution in [0.2, 0.25) is 19.6 Å². The molecule has 0 N–H and O–H groups in total. The zero-order chi connectivity index (χ0) is 14.4. The van der Waals surface area contributed by atoms with E-state index in [1.54, 1.807) is 6.08 Å². The van der Waals surface area contributed by atoms with E-state index in [0.29, 0.717) is 6.42 Å². The summed E-state index contributed by atoms with van der Waals surface area (Å²) in [6.07, 6.45) is 14.4. The Morgan fingerprint density at radius 3 is 2.58 bits per heavy atom. The van der Waals surface area contributed by atoms with Crippen molar-refractivity contribution in [1.82, 2.24) is 0 Å². The second kappa shape index (κ2) is 7.20. The summed E-state index contributed by atoms with van der Waals surface area (Å²) in [6.45, 7) is 8.75. The lowest BCUT2D eigenvalue weighted by atomic mass is 9.98. The number of ketones is 1. The predicted molar refractivity (Wildman–Crippen MR) is 83.8 cm³/mol. The third-order valence-electron chi connectivity index (χ3n) is 3.16. The van der Waals surface area contributed by atoms with Crippen LogP contribution in [0.5, 0.6) is 0 Å². The Morgan fingerprint density at radius 1 is 1.32 bits per heavy atom. The van der Waals surface area contributed by atoms with Gasteiger partial charge in [0.2, 0.25) is 0 Å². The van der Waals surface area contributed by atoms with Crippen LogP contribution >= 0.6 is 0 Å². The SMILES string of the molecule is CCCCC/C=C\C[C@]1(O[Si](C)(C)C)C=CC(=O)C1. The molecule has 19 heavy (non-hydrogen) atoms. The number of carbonyl (C=O) groups excluding carboxylic acids is 1. The summed E-state index contributed by atoms with van der Waals surface area (Å²) in [5, 5.41) is 0. The largest absolute Gasteiger partial charge is 0.408 e. The Hall–Kier alpha value is -0.673. The fraction of sp³-hybridized carbons (Fsp3) is 0.688. The number of hydrogen-bond acceptors (Lipinski definition) is 2. The van der Waals surface area contributed by atoms with Crippen molar-refractivity contribution in [2.24, 2.45) is 0 Å². The molecule has 0 unspecified atom stereocenters. The first kappa shape index (κ1) is 16.4. The van der Waals surface area contributed by atoms with E-state index in [4.69, 9.17) is 4.43 Å². The molecule has 0 fully saturated rings. The van der Waals surface area contributed by atoms with Gasteiger partial charge in [0.25, 0.3) is 0 Å². The van der Waals surface area contributed by atoms with Crippen LogP contribution in [0.25, 0.3) is 0 Å². The average molecular weight is 280 g/mol. The van der Waals surface area contributed by atoms with Gasteiger partial charge in [-0.05, 0) is 51.1 Å². The molecule has 0 spiro atoms. The monoisotopic (exact) mass is 280 g/mol. The minimum atomic E-state index is -1.64. The minimum absolute atomic E-state index is 0.192. The van der Waals surface area contributed by atoms with Crippen molar-refractivity contribution in [2.45, 2.75) is 70.7 Å². The second-order valence-corrected chi connectivity index (χ2v) is 10.9. The number of carbonyl (C=O) groups is 1. The van der Waals surface area contributed by atoms with E-state index in [1.165, 1.54) is 19.3 Å².